The van der Waals surface area contributed by atoms with Gasteiger partial charge in [0.2, 0.25) is 5.91 Å². The normalized spacial score (nSPS) is 18.3. The second-order valence-corrected chi connectivity index (χ2v) is 9.63. The highest BCUT2D eigenvalue weighted by Crippen LogP contribution is 2.37. The van der Waals surface area contributed by atoms with E-state index in [4.69, 9.17) is 9.47 Å². The summed E-state index contributed by atoms with van der Waals surface area (Å²) < 4.78 is 24.6. The molecule has 0 radical (unpaired) electrons. The lowest BCUT2D eigenvalue weighted by molar-refractivity contribution is -0.136. The number of methoxy groups -OCH3 is 1. The van der Waals surface area contributed by atoms with Crippen LogP contribution in [0.3, 0.4) is 0 Å². The average molecular weight is 484 g/mol. The molecular weight excluding hydrogens is 449 g/mol. The van der Waals surface area contributed by atoms with Gasteiger partial charge in [0.05, 0.1) is 13.7 Å². The molecule has 2 fully saturated rings. The van der Waals surface area contributed by atoms with E-state index in [2.05, 4.69) is 11.9 Å². The van der Waals surface area contributed by atoms with E-state index in [1.807, 2.05) is 21.9 Å². The largest absolute Gasteiger partial charge is 0.497 e. The summed E-state index contributed by atoms with van der Waals surface area (Å²) in [5.41, 5.74) is 0.202. The van der Waals surface area contributed by atoms with Crippen LogP contribution in [0.1, 0.15) is 29.6 Å². The number of hydrogen-bond donors (Lipinski definition) is 0. The summed E-state index contributed by atoms with van der Waals surface area (Å²) in [5, 5.41) is 0. The summed E-state index contributed by atoms with van der Waals surface area (Å²) in [4.78, 5) is 32.4. The van der Waals surface area contributed by atoms with Gasteiger partial charge in [0.25, 0.3) is 5.91 Å². The van der Waals surface area contributed by atoms with Crippen molar-refractivity contribution in [2.24, 2.45) is 5.41 Å². The molecule has 2 amide bonds. The van der Waals surface area contributed by atoms with Crippen LogP contribution in [0.5, 0.6) is 11.5 Å². The number of hydrogen-bond acceptors (Lipinski definition) is 5. The third-order valence-electron chi connectivity index (χ3n) is 7.17. The lowest BCUT2D eigenvalue weighted by Gasteiger charge is -2.42. The van der Waals surface area contributed by atoms with Crippen LogP contribution in [-0.2, 0) is 4.79 Å². The topological polar surface area (TPSA) is 62.3 Å². The van der Waals surface area contributed by atoms with E-state index in [1.165, 1.54) is 12.1 Å². The van der Waals surface area contributed by atoms with Crippen LogP contribution in [0, 0.1) is 11.2 Å². The molecule has 0 saturated carbocycles. The van der Waals surface area contributed by atoms with Crippen LogP contribution >= 0.6 is 0 Å². The second-order valence-electron chi connectivity index (χ2n) is 9.63. The van der Waals surface area contributed by atoms with Crippen molar-refractivity contribution in [3.8, 4) is 11.5 Å². The van der Waals surface area contributed by atoms with E-state index in [9.17, 15) is 14.0 Å². The van der Waals surface area contributed by atoms with Gasteiger partial charge in [0, 0.05) is 56.7 Å². The van der Waals surface area contributed by atoms with Crippen molar-refractivity contribution in [3.05, 3.63) is 59.9 Å². The molecule has 7 nitrogen and oxygen atoms in total. The number of carbonyl (C=O) groups is 2. The minimum atomic E-state index is -0.389. The minimum absolute atomic E-state index is 0.0395. The molecule has 0 atom stereocenters. The molecule has 0 N–H and O–H groups in total. The first-order valence-corrected chi connectivity index (χ1v) is 12.2. The number of amides is 2. The molecule has 0 aliphatic carbocycles. The first kappa shape index (κ1) is 25.0. The van der Waals surface area contributed by atoms with Gasteiger partial charge in [-0.2, -0.15) is 0 Å². The molecule has 0 bridgehead atoms. The summed E-state index contributed by atoms with van der Waals surface area (Å²) in [6.07, 6.45) is 1.69. The lowest BCUT2D eigenvalue weighted by atomic mass is 9.75. The Kier molecular flexibility index (Phi) is 7.90. The van der Waals surface area contributed by atoms with E-state index in [1.54, 1.807) is 31.4 Å². The van der Waals surface area contributed by atoms with Crippen molar-refractivity contribution < 1.29 is 23.5 Å². The molecule has 2 aromatic carbocycles. The Hall–Kier alpha value is -3.13. The van der Waals surface area contributed by atoms with Crippen LogP contribution < -0.4 is 9.47 Å². The molecule has 0 unspecified atom stereocenters. The number of benzene rings is 2. The third kappa shape index (κ3) is 6.31. The highest BCUT2D eigenvalue weighted by atomic mass is 19.1. The molecule has 4 rings (SSSR count). The summed E-state index contributed by atoms with van der Waals surface area (Å²) in [7, 11) is 3.65. The van der Waals surface area contributed by atoms with Crippen molar-refractivity contribution in [3.63, 3.8) is 0 Å². The first-order valence-electron chi connectivity index (χ1n) is 12.2. The van der Waals surface area contributed by atoms with Gasteiger partial charge in [-0.1, -0.05) is 6.07 Å². The van der Waals surface area contributed by atoms with E-state index >= 15 is 0 Å². The monoisotopic (exact) mass is 483 g/mol. The van der Waals surface area contributed by atoms with Crippen LogP contribution in [0.15, 0.2) is 48.5 Å². The minimum Gasteiger partial charge on any atom is -0.497 e. The van der Waals surface area contributed by atoms with Gasteiger partial charge in [-0.15, -0.1) is 0 Å². The fourth-order valence-corrected chi connectivity index (χ4v) is 4.75. The van der Waals surface area contributed by atoms with Gasteiger partial charge in [-0.05, 0) is 62.4 Å². The Morgan fingerprint density at radius 1 is 0.914 bits per heavy atom. The molecule has 0 spiro atoms. The molecule has 2 aliphatic heterocycles. The predicted molar refractivity (Wildman–Crippen MR) is 131 cm³/mol. The quantitative estimate of drug-likeness (QED) is 0.605. The molecule has 8 heteroatoms. The molecular formula is C27H34FN3O4. The van der Waals surface area contributed by atoms with E-state index in [-0.39, 0.29) is 23.0 Å². The fourth-order valence-electron chi connectivity index (χ4n) is 4.75. The average Bonchev–Trinajstić information content (AvgIpc) is 2.89. The Labute approximate surface area is 206 Å². The maximum atomic E-state index is 13.3. The summed E-state index contributed by atoms with van der Waals surface area (Å²) in [6, 6.07) is 13.1. The zero-order valence-corrected chi connectivity index (χ0v) is 20.5. The van der Waals surface area contributed by atoms with E-state index in [0.29, 0.717) is 56.0 Å². The molecule has 35 heavy (non-hydrogen) atoms. The van der Waals surface area contributed by atoms with Crippen LogP contribution in [0.2, 0.25) is 0 Å². The predicted octanol–water partition coefficient (Wildman–Crippen LogP) is 3.30. The standard InChI is InChI=1S/C27H34FN3O4/c1-29-14-16-30(17-15-29)25(32)19-27(20-35-23-8-6-22(28)7-9-23)10-12-31(13-11-27)26(33)21-4-3-5-24(18-21)34-2/h3-9,18H,10-17,19-20H2,1-2H3. The number of piperidine rings is 1. The molecule has 2 aromatic rings. The lowest BCUT2D eigenvalue weighted by Crippen LogP contribution is -2.51. The van der Waals surface area contributed by atoms with Gasteiger partial charge in [-0.25, -0.2) is 4.39 Å². The maximum Gasteiger partial charge on any atom is 0.253 e. The smallest absolute Gasteiger partial charge is 0.253 e. The SMILES string of the molecule is COc1cccc(C(=O)N2CCC(COc3ccc(F)cc3)(CC(=O)N3CCN(C)CC3)CC2)c1. The number of nitrogens with zero attached hydrogens (tertiary/aromatic N) is 3. The number of ether oxygens (including phenoxy) is 2. The number of likely N-dealkylation sites (N-methyl/N-ethyl adjacent to an activating group) is 1. The number of likely N-dealkylation sites (tertiary alicyclic amines) is 1. The summed E-state index contributed by atoms with van der Waals surface area (Å²) in [5.74, 6) is 0.998. The Morgan fingerprint density at radius 3 is 2.26 bits per heavy atom. The van der Waals surface area contributed by atoms with Crippen molar-refractivity contribution in [2.45, 2.75) is 19.3 Å². The van der Waals surface area contributed by atoms with E-state index in [0.717, 1.165) is 26.2 Å². The van der Waals surface area contributed by atoms with Crippen molar-refractivity contribution in [2.75, 3.05) is 60.0 Å². The second kappa shape index (κ2) is 11.1. The maximum absolute atomic E-state index is 13.3. The third-order valence-corrected chi connectivity index (χ3v) is 7.17. The van der Waals surface area contributed by atoms with Crippen molar-refractivity contribution >= 4 is 11.8 Å². The number of piperazine rings is 1. The van der Waals surface area contributed by atoms with Gasteiger partial charge in [0.15, 0.2) is 0 Å². The van der Waals surface area contributed by atoms with E-state index < -0.39 is 0 Å². The number of halogens is 1. The summed E-state index contributed by atoms with van der Waals surface area (Å²) >= 11 is 0. The van der Waals surface area contributed by atoms with Gasteiger partial charge in [0.1, 0.15) is 17.3 Å². The zero-order chi connectivity index (χ0) is 24.8. The summed E-state index contributed by atoms with van der Waals surface area (Å²) in [6.45, 7) is 4.62. The van der Waals surface area contributed by atoms with Crippen LogP contribution in [0.25, 0.3) is 0 Å². The Balaban J connectivity index is 1.44. The highest BCUT2D eigenvalue weighted by Gasteiger charge is 2.40. The van der Waals surface area contributed by atoms with Gasteiger partial charge >= 0.3 is 0 Å². The van der Waals surface area contributed by atoms with Crippen molar-refractivity contribution in [1.29, 1.82) is 0 Å². The highest BCUT2D eigenvalue weighted by molar-refractivity contribution is 5.94. The van der Waals surface area contributed by atoms with Crippen LogP contribution in [0.4, 0.5) is 4.39 Å². The van der Waals surface area contributed by atoms with Crippen LogP contribution in [-0.4, -0.2) is 86.5 Å². The Morgan fingerprint density at radius 2 is 1.60 bits per heavy atom. The molecule has 2 heterocycles. The molecule has 2 saturated heterocycles. The number of rotatable bonds is 7. The van der Waals surface area contributed by atoms with Gasteiger partial charge < -0.3 is 24.2 Å². The molecule has 0 aromatic heterocycles. The first-order chi connectivity index (χ1) is 16.9. The number of carbonyl (C=O) groups excluding carboxylic acids is 2. The Bertz CT molecular complexity index is 1010. The molecule has 2 aliphatic rings. The van der Waals surface area contributed by atoms with Gasteiger partial charge in [-0.3, -0.25) is 9.59 Å². The zero-order valence-electron chi connectivity index (χ0n) is 20.5. The van der Waals surface area contributed by atoms with Crippen molar-refractivity contribution in [1.82, 2.24) is 14.7 Å². The fraction of sp³-hybridized carbons (Fsp3) is 0.481. The molecule has 188 valence electrons.